The van der Waals surface area contributed by atoms with Gasteiger partial charge in [-0.15, -0.1) is 11.3 Å². The fraction of sp³-hybridized carbons (Fsp3) is 0.471. The minimum atomic E-state index is 0.576. The van der Waals surface area contributed by atoms with Crippen LogP contribution in [0.2, 0.25) is 0 Å². The quantitative estimate of drug-likeness (QED) is 0.631. The highest BCUT2D eigenvalue weighted by Gasteiger charge is 2.04. The lowest BCUT2D eigenvalue weighted by Crippen LogP contribution is -2.38. The average Bonchev–Trinajstić information content (AvgIpc) is 2.83. The van der Waals surface area contributed by atoms with Gasteiger partial charge < -0.3 is 10.6 Å². The first kappa shape index (κ1) is 17.4. The lowest BCUT2D eigenvalue weighted by atomic mass is 10.3. The second-order valence-electron chi connectivity index (χ2n) is 5.39. The van der Waals surface area contributed by atoms with Crippen molar-refractivity contribution in [3.63, 3.8) is 0 Å². The van der Waals surface area contributed by atoms with Gasteiger partial charge in [-0.1, -0.05) is 6.07 Å². The molecule has 0 bridgehead atoms. The van der Waals surface area contributed by atoms with Gasteiger partial charge in [-0.3, -0.25) is 4.98 Å². The Morgan fingerprint density at radius 3 is 2.65 bits per heavy atom. The predicted molar refractivity (Wildman–Crippen MR) is 97.1 cm³/mol. The number of nitrogens with zero attached hydrogens (tertiary/aromatic N) is 3. The van der Waals surface area contributed by atoms with E-state index >= 15 is 0 Å². The Labute approximate surface area is 142 Å². The summed E-state index contributed by atoms with van der Waals surface area (Å²) >= 11 is 1.77. The summed E-state index contributed by atoms with van der Waals surface area (Å²) in [7, 11) is 0. The SMILES string of the molecule is CCNC(=NCc1cccc(C)n1)NCCc1nc(C)c(C)s1. The van der Waals surface area contributed by atoms with Gasteiger partial charge in [-0.05, 0) is 39.8 Å². The monoisotopic (exact) mass is 331 g/mol. The highest BCUT2D eigenvalue weighted by molar-refractivity contribution is 7.11. The Hall–Kier alpha value is -1.95. The molecule has 6 heteroatoms. The number of guanidine groups is 1. The van der Waals surface area contributed by atoms with Crippen LogP contribution in [0.25, 0.3) is 0 Å². The van der Waals surface area contributed by atoms with E-state index in [2.05, 4.69) is 46.4 Å². The largest absolute Gasteiger partial charge is 0.357 e. The molecule has 0 spiro atoms. The molecule has 0 amide bonds. The number of thiazole rings is 1. The first-order valence-corrected chi connectivity index (χ1v) is 8.77. The van der Waals surface area contributed by atoms with E-state index < -0.39 is 0 Å². The maximum atomic E-state index is 4.59. The van der Waals surface area contributed by atoms with Crippen LogP contribution in [0.4, 0.5) is 0 Å². The van der Waals surface area contributed by atoms with Crippen LogP contribution in [-0.2, 0) is 13.0 Å². The highest BCUT2D eigenvalue weighted by Crippen LogP contribution is 2.16. The van der Waals surface area contributed by atoms with E-state index in [0.29, 0.717) is 6.54 Å². The van der Waals surface area contributed by atoms with Crippen molar-refractivity contribution in [2.24, 2.45) is 4.99 Å². The predicted octanol–water partition coefficient (Wildman–Crippen LogP) is 2.76. The topological polar surface area (TPSA) is 62.2 Å². The third-order valence-electron chi connectivity index (χ3n) is 3.39. The summed E-state index contributed by atoms with van der Waals surface area (Å²) in [4.78, 5) is 14.9. The molecule has 0 unspecified atom stereocenters. The van der Waals surface area contributed by atoms with Crippen molar-refractivity contribution in [3.8, 4) is 0 Å². The molecule has 0 radical (unpaired) electrons. The molecule has 124 valence electrons. The van der Waals surface area contributed by atoms with Gasteiger partial charge in [0.15, 0.2) is 5.96 Å². The maximum Gasteiger partial charge on any atom is 0.191 e. The van der Waals surface area contributed by atoms with Crippen molar-refractivity contribution >= 4 is 17.3 Å². The first-order chi connectivity index (χ1) is 11.1. The molecule has 2 aromatic heterocycles. The van der Waals surface area contributed by atoms with Crippen LogP contribution in [0.5, 0.6) is 0 Å². The Balaban J connectivity index is 1.88. The summed E-state index contributed by atoms with van der Waals surface area (Å²) in [6.45, 7) is 10.5. The van der Waals surface area contributed by atoms with Crippen LogP contribution < -0.4 is 10.6 Å². The van der Waals surface area contributed by atoms with Crippen LogP contribution in [0, 0.1) is 20.8 Å². The molecule has 23 heavy (non-hydrogen) atoms. The molecule has 0 fully saturated rings. The lowest BCUT2D eigenvalue weighted by molar-refractivity contribution is 0.792. The van der Waals surface area contributed by atoms with E-state index in [9.17, 15) is 0 Å². The first-order valence-electron chi connectivity index (χ1n) is 7.96. The molecular formula is C17H25N5S. The number of nitrogens with one attached hydrogen (secondary N) is 2. The molecule has 0 atom stereocenters. The molecule has 0 aliphatic carbocycles. The Bertz CT molecular complexity index is 643. The molecule has 2 heterocycles. The van der Waals surface area contributed by atoms with Crippen molar-refractivity contribution < 1.29 is 0 Å². The average molecular weight is 331 g/mol. The van der Waals surface area contributed by atoms with E-state index in [4.69, 9.17) is 0 Å². The van der Waals surface area contributed by atoms with Crippen molar-refractivity contribution in [1.29, 1.82) is 0 Å². The van der Waals surface area contributed by atoms with Gasteiger partial charge >= 0.3 is 0 Å². The van der Waals surface area contributed by atoms with Crippen LogP contribution in [0.15, 0.2) is 23.2 Å². The molecule has 2 N–H and O–H groups in total. The fourth-order valence-electron chi connectivity index (χ4n) is 2.12. The molecule has 0 saturated carbocycles. The van der Waals surface area contributed by atoms with E-state index in [1.165, 1.54) is 9.88 Å². The molecule has 0 aromatic carbocycles. The second-order valence-corrected chi connectivity index (χ2v) is 6.68. The van der Waals surface area contributed by atoms with Gasteiger partial charge in [-0.2, -0.15) is 0 Å². The minimum Gasteiger partial charge on any atom is -0.357 e. The molecule has 2 rings (SSSR count). The zero-order valence-electron chi connectivity index (χ0n) is 14.3. The standard InChI is InChI=1S/C17H25N5S/c1-5-18-17(20-11-15-8-6-7-12(2)21-15)19-10-9-16-22-13(3)14(4)23-16/h6-8H,5,9-11H2,1-4H3,(H2,18,19,20). The summed E-state index contributed by atoms with van der Waals surface area (Å²) in [5, 5.41) is 7.80. The van der Waals surface area contributed by atoms with Gasteiger partial charge in [0.2, 0.25) is 0 Å². The van der Waals surface area contributed by atoms with Gasteiger partial charge in [0, 0.05) is 30.1 Å². The normalized spacial score (nSPS) is 11.6. The summed E-state index contributed by atoms with van der Waals surface area (Å²) in [6, 6.07) is 6.01. The number of aryl methyl sites for hydroxylation is 3. The van der Waals surface area contributed by atoms with Crippen molar-refractivity contribution in [1.82, 2.24) is 20.6 Å². The number of aliphatic imine (C=N–C) groups is 1. The molecule has 5 nitrogen and oxygen atoms in total. The Morgan fingerprint density at radius 2 is 2.00 bits per heavy atom. The van der Waals surface area contributed by atoms with E-state index in [1.54, 1.807) is 11.3 Å². The fourth-order valence-corrected chi connectivity index (χ4v) is 3.06. The Morgan fingerprint density at radius 1 is 1.17 bits per heavy atom. The zero-order chi connectivity index (χ0) is 16.7. The van der Waals surface area contributed by atoms with Crippen LogP contribution in [0.3, 0.4) is 0 Å². The van der Waals surface area contributed by atoms with Gasteiger partial charge in [0.25, 0.3) is 0 Å². The summed E-state index contributed by atoms with van der Waals surface area (Å²) in [5.41, 5.74) is 3.13. The smallest absolute Gasteiger partial charge is 0.191 e. The van der Waals surface area contributed by atoms with Crippen molar-refractivity contribution in [2.75, 3.05) is 13.1 Å². The molecule has 0 aliphatic heterocycles. The van der Waals surface area contributed by atoms with Crippen molar-refractivity contribution in [3.05, 3.63) is 45.2 Å². The molecule has 0 saturated heterocycles. The highest BCUT2D eigenvalue weighted by atomic mass is 32.1. The number of pyridine rings is 1. The van der Waals surface area contributed by atoms with E-state index in [-0.39, 0.29) is 0 Å². The van der Waals surface area contributed by atoms with Crippen LogP contribution in [0.1, 0.15) is 33.9 Å². The molecule has 0 aliphatic rings. The van der Waals surface area contributed by atoms with Gasteiger partial charge in [0.1, 0.15) is 0 Å². The number of aromatic nitrogens is 2. The number of hydrogen-bond acceptors (Lipinski definition) is 4. The molecular weight excluding hydrogens is 306 g/mol. The van der Waals surface area contributed by atoms with Gasteiger partial charge in [0.05, 0.1) is 22.9 Å². The summed E-state index contributed by atoms with van der Waals surface area (Å²) in [6.07, 6.45) is 0.909. The summed E-state index contributed by atoms with van der Waals surface area (Å²) < 4.78 is 0. The van der Waals surface area contributed by atoms with Crippen LogP contribution >= 0.6 is 11.3 Å². The van der Waals surface area contributed by atoms with Gasteiger partial charge in [-0.25, -0.2) is 9.98 Å². The summed E-state index contributed by atoms with van der Waals surface area (Å²) in [5.74, 6) is 0.820. The third kappa shape index (κ3) is 5.63. The van der Waals surface area contributed by atoms with E-state index in [0.717, 1.165) is 42.6 Å². The number of rotatable bonds is 6. The van der Waals surface area contributed by atoms with Crippen LogP contribution in [-0.4, -0.2) is 29.0 Å². The number of hydrogen-bond donors (Lipinski definition) is 2. The Kier molecular flexibility index (Phi) is 6.52. The zero-order valence-corrected chi connectivity index (χ0v) is 15.1. The minimum absolute atomic E-state index is 0.576. The second kappa shape index (κ2) is 8.62. The molecule has 2 aromatic rings. The lowest BCUT2D eigenvalue weighted by Gasteiger charge is -2.10. The third-order valence-corrected chi connectivity index (χ3v) is 4.53. The van der Waals surface area contributed by atoms with Crippen molar-refractivity contribution in [2.45, 2.75) is 40.7 Å². The maximum absolute atomic E-state index is 4.59. The van der Waals surface area contributed by atoms with E-state index in [1.807, 2.05) is 25.1 Å².